The maximum absolute atomic E-state index is 5.20. The Morgan fingerprint density at radius 2 is 2.05 bits per heavy atom. The lowest BCUT2D eigenvalue weighted by atomic mass is 10.1. The Labute approximate surface area is 118 Å². The van der Waals surface area contributed by atoms with Crippen LogP contribution in [0.3, 0.4) is 0 Å². The summed E-state index contributed by atoms with van der Waals surface area (Å²) < 4.78 is 5.20. The van der Waals surface area contributed by atoms with Gasteiger partial charge in [0, 0.05) is 38.5 Å². The summed E-state index contributed by atoms with van der Waals surface area (Å²) in [5, 5.41) is 3.51. The molecule has 1 rings (SSSR count). The third-order valence-corrected chi connectivity index (χ3v) is 3.22. The van der Waals surface area contributed by atoms with Crippen molar-refractivity contribution in [3.05, 3.63) is 29.3 Å². The minimum atomic E-state index is 0.502. The predicted octanol–water partition coefficient (Wildman–Crippen LogP) is 2.97. The lowest BCUT2D eigenvalue weighted by Gasteiger charge is -2.26. The summed E-state index contributed by atoms with van der Waals surface area (Å²) in [4.78, 5) is 2.38. The standard InChI is InChI=1S/C16H28N2O/c1-6-18(9-10-19-5)16-8-7-14(4)11-15(16)12-17-13(2)3/h7-8,11,13,17H,6,9-10,12H2,1-5H3. The van der Waals surface area contributed by atoms with Gasteiger partial charge in [0.05, 0.1) is 6.61 Å². The second kappa shape index (κ2) is 8.18. The van der Waals surface area contributed by atoms with Crippen LogP contribution >= 0.6 is 0 Å². The van der Waals surface area contributed by atoms with E-state index in [1.54, 1.807) is 7.11 Å². The van der Waals surface area contributed by atoms with E-state index >= 15 is 0 Å². The minimum absolute atomic E-state index is 0.502. The molecule has 3 heteroatoms. The maximum atomic E-state index is 5.20. The van der Waals surface area contributed by atoms with E-state index < -0.39 is 0 Å². The summed E-state index contributed by atoms with van der Waals surface area (Å²) in [5.74, 6) is 0. The van der Waals surface area contributed by atoms with Crippen molar-refractivity contribution in [2.24, 2.45) is 0 Å². The van der Waals surface area contributed by atoms with Gasteiger partial charge in [-0.25, -0.2) is 0 Å². The molecular formula is C16H28N2O. The molecule has 0 aromatic heterocycles. The van der Waals surface area contributed by atoms with Crippen LogP contribution in [0.2, 0.25) is 0 Å². The van der Waals surface area contributed by atoms with Crippen molar-refractivity contribution in [3.63, 3.8) is 0 Å². The third-order valence-electron chi connectivity index (χ3n) is 3.22. The summed E-state index contributed by atoms with van der Waals surface area (Å²) in [6.45, 7) is 12.3. The van der Waals surface area contributed by atoms with Gasteiger partial charge in [0.25, 0.3) is 0 Å². The average molecular weight is 264 g/mol. The summed E-state index contributed by atoms with van der Waals surface area (Å²) >= 11 is 0. The quantitative estimate of drug-likeness (QED) is 0.781. The van der Waals surface area contributed by atoms with Crippen LogP contribution < -0.4 is 10.2 Å². The summed E-state index contributed by atoms with van der Waals surface area (Å²) in [5.41, 5.74) is 4.00. The molecule has 0 aliphatic heterocycles. The van der Waals surface area contributed by atoms with Crippen molar-refractivity contribution in [1.82, 2.24) is 5.32 Å². The van der Waals surface area contributed by atoms with Crippen LogP contribution in [-0.4, -0.2) is 32.8 Å². The monoisotopic (exact) mass is 264 g/mol. The molecule has 0 saturated carbocycles. The Morgan fingerprint density at radius 1 is 1.32 bits per heavy atom. The van der Waals surface area contributed by atoms with Crippen LogP contribution in [0, 0.1) is 6.92 Å². The van der Waals surface area contributed by atoms with Crippen molar-refractivity contribution >= 4 is 5.69 Å². The van der Waals surface area contributed by atoms with Crippen molar-refractivity contribution in [2.75, 3.05) is 31.7 Å². The summed E-state index contributed by atoms with van der Waals surface area (Å²) in [7, 11) is 1.75. The van der Waals surface area contributed by atoms with E-state index in [0.717, 1.165) is 26.2 Å². The smallest absolute Gasteiger partial charge is 0.0637 e. The zero-order valence-corrected chi connectivity index (χ0v) is 13.0. The fourth-order valence-corrected chi connectivity index (χ4v) is 2.13. The van der Waals surface area contributed by atoms with Gasteiger partial charge in [-0.1, -0.05) is 31.5 Å². The van der Waals surface area contributed by atoms with Crippen molar-refractivity contribution in [2.45, 2.75) is 40.3 Å². The fourth-order valence-electron chi connectivity index (χ4n) is 2.13. The first-order chi connectivity index (χ1) is 9.08. The highest BCUT2D eigenvalue weighted by Crippen LogP contribution is 2.22. The van der Waals surface area contributed by atoms with Gasteiger partial charge in [-0.05, 0) is 25.5 Å². The zero-order chi connectivity index (χ0) is 14.3. The highest BCUT2D eigenvalue weighted by atomic mass is 16.5. The molecule has 0 spiro atoms. The minimum Gasteiger partial charge on any atom is -0.383 e. The molecule has 0 fully saturated rings. The second-order valence-corrected chi connectivity index (χ2v) is 5.24. The van der Waals surface area contributed by atoms with E-state index in [1.807, 2.05) is 0 Å². The number of hydrogen-bond acceptors (Lipinski definition) is 3. The van der Waals surface area contributed by atoms with Crippen LogP contribution in [0.25, 0.3) is 0 Å². The first-order valence-electron chi connectivity index (χ1n) is 7.15. The Balaban J connectivity index is 2.89. The number of rotatable bonds is 8. The molecule has 0 heterocycles. The first kappa shape index (κ1) is 16.0. The summed E-state index contributed by atoms with van der Waals surface area (Å²) in [6.07, 6.45) is 0. The predicted molar refractivity (Wildman–Crippen MR) is 82.9 cm³/mol. The number of nitrogens with zero attached hydrogens (tertiary/aromatic N) is 1. The SMILES string of the molecule is CCN(CCOC)c1ccc(C)cc1CNC(C)C. The maximum Gasteiger partial charge on any atom is 0.0637 e. The number of benzene rings is 1. The van der Waals surface area contributed by atoms with E-state index in [-0.39, 0.29) is 0 Å². The summed E-state index contributed by atoms with van der Waals surface area (Å²) in [6, 6.07) is 7.19. The van der Waals surface area contributed by atoms with Gasteiger partial charge >= 0.3 is 0 Å². The van der Waals surface area contributed by atoms with E-state index in [1.165, 1.54) is 16.8 Å². The number of ether oxygens (including phenoxy) is 1. The highest BCUT2D eigenvalue weighted by molar-refractivity contribution is 5.55. The van der Waals surface area contributed by atoms with Crippen molar-refractivity contribution in [3.8, 4) is 0 Å². The molecule has 0 saturated heterocycles. The zero-order valence-electron chi connectivity index (χ0n) is 13.0. The molecule has 0 radical (unpaired) electrons. The number of nitrogens with one attached hydrogen (secondary N) is 1. The van der Waals surface area contributed by atoms with Gasteiger partial charge in [0.1, 0.15) is 0 Å². The van der Waals surface area contributed by atoms with Gasteiger partial charge in [0.15, 0.2) is 0 Å². The Bertz CT molecular complexity index is 377. The van der Waals surface area contributed by atoms with E-state index in [2.05, 4.69) is 56.1 Å². The fraction of sp³-hybridized carbons (Fsp3) is 0.625. The van der Waals surface area contributed by atoms with Gasteiger partial charge in [-0.2, -0.15) is 0 Å². The first-order valence-corrected chi connectivity index (χ1v) is 7.15. The molecule has 3 nitrogen and oxygen atoms in total. The largest absolute Gasteiger partial charge is 0.383 e. The number of anilines is 1. The molecule has 0 aliphatic carbocycles. The lowest BCUT2D eigenvalue weighted by Crippen LogP contribution is -2.29. The molecule has 0 atom stereocenters. The van der Waals surface area contributed by atoms with Gasteiger partial charge < -0.3 is 15.0 Å². The van der Waals surface area contributed by atoms with Gasteiger partial charge in [0.2, 0.25) is 0 Å². The van der Waals surface area contributed by atoms with Crippen LogP contribution in [0.4, 0.5) is 5.69 Å². The molecule has 1 aromatic carbocycles. The molecule has 108 valence electrons. The molecule has 0 bridgehead atoms. The second-order valence-electron chi connectivity index (χ2n) is 5.24. The molecular weight excluding hydrogens is 236 g/mol. The van der Waals surface area contributed by atoms with E-state index in [0.29, 0.717) is 6.04 Å². The van der Waals surface area contributed by atoms with E-state index in [4.69, 9.17) is 4.74 Å². The van der Waals surface area contributed by atoms with Crippen molar-refractivity contribution in [1.29, 1.82) is 0 Å². The van der Waals surface area contributed by atoms with Crippen LogP contribution in [0.15, 0.2) is 18.2 Å². The van der Waals surface area contributed by atoms with Crippen molar-refractivity contribution < 1.29 is 4.74 Å². The Morgan fingerprint density at radius 3 is 2.63 bits per heavy atom. The van der Waals surface area contributed by atoms with Crippen LogP contribution in [-0.2, 0) is 11.3 Å². The number of hydrogen-bond donors (Lipinski definition) is 1. The topological polar surface area (TPSA) is 24.5 Å². The van der Waals surface area contributed by atoms with Crippen LogP contribution in [0.1, 0.15) is 31.9 Å². The lowest BCUT2D eigenvalue weighted by molar-refractivity contribution is 0.205. The Kier molecular flexibility index (Phi) is 6.89. The van der Waals surface area contributed by atoms with Gasteiger partial charge in [-0.15, -0.1) is 0 Å². The molecule has 1 aromatic rings. The van der Waals surface area contributed by atoms with Crippen LogP contribution in [0.5, 0.6) is 0 Å². The number of aryl methyl sites for hydroxylation is 1. The Hall–Kier alpha value is -1.06. The third kappa shape index (κ3) is 5.21. The normalized spacial score (nSPS) is 11.1. The van der Waals surface area contributed by atoms with E-state index in [9.17, 15) is 0 Å². The highest BCUT2D eigenvalue weighted by Gasteiger charge is 2.10. The van der Waals surface area contributed by atoms with Gasteiger partial charge in [-0.3, -0.25) is 0 Å². The molecule has 19 heavy (non-hydrogen) atoms. The molecule has 0 aliphatic rings. The number of methoxy groups -OCH3 is 1. The molecule has 1 N–H and O–H groups in total. The molecule has 0 amide bonds. The number of likely N-dealkylation sites (N-methyl/N-ethyl adjacent to an activating group) is 1. The average Bonchev–Trinajstić information content (AvgIpc) is 2.38. The molecule has 0 unspecified atom stereocenters.